The van der Waals surface area contributed by atoms with Crippen molar-refractivity contribution < 1.29 is 0 Å². The third kappa shape index (κ3) is 6.70. The molecule has 1 heterocycles. The first kappa shape index (κ1) is 32.7. The number of aliphatic imine (C=N–C) groups is 2. The van der Waals surface area contributed by atoms with Crippen LogP contribution in [0, 0.1) is 19.8 Å². The summed E-state index contributed by atoms with van der Waals surface area (Å²) >= 11 is 0. The highest BCUT2D eigenvalue weighted by molar-refractivity contribution is 6.08. The molecule has 0 saturated heterocycles. The zero-order chi connectivity index (χ0) is 34.6. The number of hydrogen-bond donors (Lipinski definition) is 0. The van der Waals surface area contributed by atoms with Crippen molar-refractivity contribution in [3.8, 4) is 17.1 Å². The predicted octanol–water partition coefficient (Wildman–Crippen LogP) is 12.0. The molecule has 0 spiro atoms. The first-order valence-electron chi connectivity index (χ1n) is 17.4. The molecule has 4 nitrogen and oxygen atoms in total. The normalized spacial score (nSPS) is 13.4. The Morgan fingerprint density at radius 3 is 1.84 bits per heavy atom. The summed E-state index contributed by atoms with van der Waals surface area (Å²) in [7, 11) is 0. The molecule has 0 fully saturated rings. The fourth-order valence-corrected chi connectivity index (χ4v) is 6.64. The number of nitrogens with zero attached hydrogens (tertiary/aromatic N) is 4. The van der Waals surface area contributed by atoms with E-state index >= 15 is 0 Å². The van der Waals surface area contributed by atoms with Crippen molar-refractivity contribution in [1.29, 1.82) is 0 Å². The van der Waals surface area contributed by atoms with E-state index in [0.29, 0.717) is 0 Å². The summed E-state index contributed by atoms with van der Waals surface area (Å²) in [6, 6.07) is 53.0. The van der Waals surface area contributed by atoms with Gasteiger partial charge in [-0.3, -0.25) is 14.6 Å². The van der Waals surface area contributed by atoms with Crippen LogP contribution >= 0.6 is 0 Å². The number of rotatable bonds is 9. The van der Waals surface area contributed by atoms with Gasteiger partial charge in [-0.1, -0.05) is 111 Å². The van der Waals surface area contributed by atoms with Crippen LogP contribution in [0.15, 0.2) is 162 Å². The molecule has 1 aromatic heterocycles. The molecule has 2 atom stereocenters. The van der Waals surface area contributed by atoms with Crippen molar-refractivity contribution in [1.82, 2.24) is 9.55 Å². The number of imidazole rings is 1. The largest absolute Gasteiger partial charge is 0.292 e. The summed E-state index contributed by atoms with van der Waals surface area (Å²) in [4.78, 5) is 15.9. The Kier molecular flexibility index (Phi) is 9.35. The van der Waals surface area contributed by atoms with Gasteiger partial charge in [0, 0.05) is 22.9 Å². The van der Waals surface area contributed by atoms with Crippen LogP contribution in [0.2, 0.25) is 0 Å². The molecule has 0 aliphatic rings. The summed E-state index contributed by atoms with van der Waals surface area (Å²) in [6.45, 7) is 10.9. The van der Waals surface area contributed by atoms with Crippen LogP contribution < -0.4 is 0 Å². The van der Waals surface area contributed by atoms with Gasteiger partial charge in [0.2, 0.25) is 0 Å². The maximum Gasteiger partial charge on any atom is 0.145 e. The summed E-state index contributed by atoms with van der Waals surface area (Å²) in [6.07, 6.45) is 0. The SMILES string of the molecule is CC(=Nc1ccccc1C)c1cc(C(=Nc2ccccc2C)C(C)C(C)c2ccccc2)cc(-c2nc3ccccc3n2-c2ccccc2)c1. The summed E-state index contributed by atoms with van der Waals surface area (Å²) in [5, 5.41) is 0. The Morgan fingerprint density at radius 2 is 1.16 bits per heavy atom. The Morgan fingerprint density at radius 1 is 0.600 bits per heavy atom. The second-order valence-corrected chi connectivity index (χ2v) is 13.1. The van der Waals surface area contributed by atoms with E-state index in [0.717, 1.165) is 73.2 Å². The van der Waals surface area contributed by atoms with E-state index < -0.39 is 0 Å². The van der Waals surface area contributed by atoms with Crippen LogP contribution in [0.3, 0.4) is 0 Å². The molecular weight excluding hydrogens is 609 g/mol. The first-order chi connectivity index (χ1) is 24.4. The molecule has 7 aromatic rings. The van der Waals surface area contributed by atoms with Crippen molar-refractivity contribution in [2.24, 2.45) is 15.9 Å². The van der Waals surface area contributed by atoms with Gasteiger partial charge < -0.3 is 0 Å². The highest BCUT2D eigenvalue weighted by Crippen LogP contribution is 2.35. The van der Waals surface area contributed by atoms with Gasteiger partial charge in [-0.25, -0.2) is 4.98 Å². The molecule has 0 bridgehead atoms. The molecule has 0 N–H and O–H groups in total. The van der Waals surface area contributed by atoms with Gasteiger partial charge in [0.25, 0.3) is 0 Å². The van der Waals surface area contributed by atoms with Crippen LogP contribution in [-0.4, -0.2) is 21.0 Å². The Bertz CT molecular complexity index is 2330. The van der Waals surface area contributed by atoms with Gasteiger partial charge in [-0.15, -0.1) is 0 Å². The zero-order valence-corrected chi connectivity index (χ0v) is 29.4. The molecule has 0 aliphatic carbocycles. The number of benzene rings is 6. The van der Waals surface area contributed by atoms with E-state index in [1.165, 1.54) is 5.56 Å². The van der Waals surface area contributed by atoms with Crippen LogP contribution in [0.4, 0.5) is 11.4 Å². The Labute approximate surface area is 295 Å². The minimum Gasteiger partial charge on any atom is -0.292 e. The smallest absolute Gasteiger partial charge is 0.145 e. The van der Waals surface area contributed by atoms with Gasteiger partial charge in [-0.2, -0.15) is 0 Å². The van der Waals surface area contributed by atoms with E-state index in [1.54, 1.807) is 0 Å². The number of aryl methyl sites for hydroxylation is 2. The second-order valence-electron chi connectivity index (χ2n) is 13.1. The molecule has 0 amide bonds. The second kappa shape index (κ2) is 14.3. The predicted molar refractivity (Wildman–Crippen MR) is 211 cm³/mol. The molecule has 7 rings (SSSR count). The van der Waals surface area contributed by atoms with E-state index in [-0.39, 0.29) is 11.8 Å². The topological polar surface area (TPSA) is 42.5 Å². The summed E-state index contributed by atoms with van der Waals surface area (Å²) < 4.78 is 2.26. The van der Waals surface area contributed by atoms with Crippen LogP contribution in [0.5, 0.6) is 0 Å². The number of fused-ring (bicyclic) bond motifs is 1. The Balaban J connectivity index is 1.50. The summed E-state index contributed by atoms with van der Waals surface area (Å²) in [5.41, 5.74) is 13.6. The van der Waals surface area contributed by atoms with Crippen LogP contribution in [0.1, 0.15) is 54.5 Å². The standard InChI is InChI=1S/C46H42N4/c1-31-18-12-14-24-41(31)47-35(5)37-28-38(45(48-42-25-15-13-19-32(42)2)34(4)33(3)36-20-8-6-9-21-36)30-39(29-37)46-49-43-26-16-17-27-44(43)50(46)40-22-10-7-11-23-40/h6-30,33-34H,1-5H3. The first-order valence-corrected chi connectivity index (χ1v) is 17.4. The van der Waals surface area contributed by atoms with Crippen molar-refractivity contribution >= 4 is 33.8 Å². The van der Waals surface area contributed by atoms with E-state index in [4.69, 9.17) is 15.0 Å². The maximum atomic E-state index is 5.48. The average molecular weight is 651 g/mol. The molecule has 0 radical (unpaired) electrons. The quantitative estimate of drug-likeness (QED) is 0.143. The lowest BCUT2D eigenvalue weighted by Crippen LogP contribution is -2.20. The maximum absolute atomic E-state index is 5.48. The van der Waals surface area contributed by atoms with Crippen LogP contribution in [-0.2, 0) is 0 Å². The van der Waals surface area contributed by atoms with Crippen molar-refractivity contribution in [2.45, 2.75) is 40.5 Å². The van der Waals surface area contributed by atoms with Crippen molar-refractivity contribution in [3.05, 3.63) is 179 Å². The minimum atomic E-state index is 0.0988. The van der Waals surface area contributed by atoms with Gasteiger partial charge in [0.1, 0.15) is 5.82 Å². The molecular formula is C46H42N4. The van der Waals surface area contributed by atoms with Gasteiger partial charge in [0.05, 0.1) is 28.1 Å². The number of para-hydroxylation sites is 5. The lowest BCUT2D eigenvalue weighted by Gasteiger charge is -2.24. The lowest BCUT2D eigenvalue weighted by atomic mass is 9.82. The monoisotopic (exact) mass is 650 g/mol. The van der Waals surface area contributed by atoms with Crippen LogP contribution in [0.25, 0.3) is 28.1 Å². The van der Waals surface area contributed by atoms with Gasteiger partial charge >= 0.3 is 0 Å². The lowest BCUT2D eigenvalue weighted by molar-refractivity contribution is 0.624. The number of hydrogen-bond acceptors (Lipinski definition) is 3. The molecule has 50 heavy (non-hydrogen) atoms. The van der Waals surface area contributed by atoms with Crippen molar-refractivity contribution in [2.75, 3.05) is 0 Å². The molecule has 2 unspecified atom stereocenters. The average Bonchev–Trinajstić information content (AvgIpc) is 3.55. The third-order valence-electron chi connectivity index (χ3n) is 9.75. The molecule has 4 heteroatoms. The molecule has 0 saturated carbocycles. The van der Waals surface area contributed by atoms with Gasteiger partial charge in [0.15, 0.2) is 0 Å². The molecule has 246 valence electrons. The Hall–Kier alpha value is -5.87. The van der Waals surface area contributed by atoms with E-state index in [2.05, 4.69) is 185 Å². The highest BCUT2D eigenvalue weighted by atomic mass is 15.1. The number of aromatic nitrogens is 2. The fourth-order valence-electron chi connectivity index (χ4n) is 6.64. The highest BCUT2D eigenvalue weighted by Gasteiger charge is 2.24. The third-order valence-corrected chi connectivity index (χ3v) is 9.75. The molecule has 0 aliphatic heterocycles. The summed E-state index contributed by atoms with van der Waals surface area (Å²) in [5.74, 6) is 1.20. The van der Waals surface area contributed by atoms with E-state index in [1.807, 2.05) is 6.07 Å². The van der Waals surface area contributed by atoms with E-state index in [9.17, 15) is 0 Å². The van der Waals surface area contributed by atoms with Gasteiger partial charge in [-0.05, 0) is 109 Å². The fraction of sp³-hybridized carbons (Fsp3) is 0.152. The zero-order valence-electron chi connectivity index (χ0n) is 29.4. The van der Waals surface area contributed by atoms with Crippen molar-refractivity contribution in [3.63, 3.8) is 0 Å². The minimum absolute atomic E-state index is 0.0988. The molecule has 6 aromatic carbocycles.